The van der Waals surface area contributed by atoms with Gasteiger partial charge in [0.15, 0.2) is 0 Å². The highest BCUT2D eigenvalue weighted by Crippen LogP contribution is 2.19. The van der Waals surface area contributed by atoms with Crippen molar-refractivity contribution < 1.29 is 14.3 Å². The minimum absolute atomic E-state index is 0.182. The van der Waals surface area contributed by atoms with Crippen molar-refractivity contribution in [3.63, 3.8) is 0 Å². The molecule has 6 nitrogen and oxygen atoms in total. The van der Waals surface area contributed by atoms with E-state index in [0.717, 1.165) is 58.8 Å². The van der Waals surface area contributed by atoms with Gasteiger partial charge in [0.2, 0.25) is 0 Å². The molecule has 0 aliphatic carbocycles. The summed E-state index contributed by atoms with van der Waals surface area (Å²) in [5.74, 6) is 0.635. The third kappa shape index (κ3) is 9.79. The van der Waals surface area contributed by atoms with Crippen molar-refractivity contribution in [1.29, 1.82) is 0 Å². The summed E-state index contributed by atoms with van der Waals surface area (Å²) < 4.78 is 11.0. The number of nitrogens with one attached hydrogen (secondary N) is 1. The Labute approximate surface area is 141 Å². The molecule has 0 aromatic carbocycles. The highest BCUT2D eigenvalue weighted by atomic mass is 16.6. The monoisotopic (exact) mass is 329 g/mol. The summed E-state index contributed by atoms with van der Waals surface area (Å²) in [4.78, 5) is 15.9. The predicted molar refractivity (Wildman–Crippen MR) is 92.8 cm³/mol. The van der Waals surface area contributed by atoms with Crippen LogP contribution in [-0.2, 0) is 9.47 Å². The third-order valence-corrected chi connectivity index (χ3v) is 3.81. The summed E-state index contributed by atoms with van der Waals surface area (Å²) in [6, 6.07) is 0. The van der Waals surface area contributed by atoms with Crippen LogP contribution in [0.25, 0.3) is 0 Å². The fourth-order valence-electron chi connectivity index (χ4n) is 2.45. The standard InChI is InChI=1S/C17H35N3O3/c1-17(2,3)23-16(21)20-9-6-15(7-10-20)14-18-8-12-22-13-11-19(4)5/h15,18H,6-14H2,1-5H3. The van der Waals surface area contributed by atoms with Crippen LogP contribution in [0.3, 0.4) is 0 Å². The maximum atomic E-state index is 12.0. The first-order valence-electron chi connectivity index (χ1n) is 8.69. The molecule has 0 radical (unpaired) electrons. The second-order valence-corrected chi connectivity index (χ2v) is 7.53. The second-order valence-electron chi connectivity index (χ2n) is 7.53. The Morgan fingerprint density at radius 1 is 1.22 bits per heavy atom. The third-order valence-electron chi connectivity index (χ3n) is 3.81. The number of hydrogen-bond acceptors (Lipinski definition) is 5. The molecule has 1 heterocycles. The largest absolute Gasteiger partial charge is 0.444 e. The lowest BCUT2D eigenvalue weighted by Gasteiger charge is -2.33. The molecule has 0 bridgehead atoms. The van der Waals surface area contributed by atoms with Gasteiger partial charge in [0.25, 0.3) is 0 Å². The van der Waals surface area contributed by atoms with Crippen molar-refractivity contribution in [2.24, 2.45) is 5.92 Å². The first kappa shape index (κ1) is 20.2. The number of likely N-dealkylation sites (N-methyl/N-ethyl adjacent to an activating group) is 1. The number of amides is 1. The van der Waals surface area contributed by atoms with Gasteiger partial charge in [0.05, 0.1) is 13.2 Å². The lowest BCUT2D eigenvalue weighted by molar-refractivity contribution is 0.0183. The fourth-order valence-corrected chi connectivity index (χ4v) is 2.45. The first-order valence-corrected chi connectivity index (χ1v) is 8.69. The van der Waals surface area contributed by atoms with Crippen molar-refractivity contribution >= 4 is 6.09 Å². The topological polar surface area (TPSA) is 54.0 Å². The maximum Gasteiger partial charge on any atom is 0.410 e. The summed E-state index contributed by atoms with van der Waals surface area (Å²) in [5.41, 5.74) is -0.415. The van der Waals surface area contributed by atoms with Crippen LogP contribution in [-0.4, -0.2) is 81.5 Å². The zero-order valence-corrected chi connectivity index (χ0v) is 15.6. The second kappa shape index (κ2) is 10.1. The molecule has 0 atom stereocenters. The van der Waals surface area contributed by atoms with Gasteiger partial charge in [-0.3, -0.25) is 0 Å². The minimum atomic E-state index is -0.415. The molecule has 1 rings (SSSR count). The smallest absolute Gasteiger partial charge is 0.410 e. The maximum absolute atomic E-state index is 12.0. The molecule has 0 spiro atoms. The first-order chi connectivity index (χ1) is 10.8. The van der Waals surface area contributed by atoms with Gasteiger partial charge in [-0.25, -0.2) is 4.79 Å². The molecular formula is C17H35N3O3. The number of piperidine rings is 1. The molecule has 6 heteroatoms. The highest BCUT2D eigenvalue weighted by Gasteiger charge is 2.26. The minimum Gasteiger partial charge on any atom is -0.444 e. The van der Waals surface area contributed by atoms with Gasteiger partial charge >= 0.3 is 6.09 Å². The molecule has 136 valence electrons. The number of carbonyl (C=O) groups excluding carboxylic acids is 1. The Balaban J connectivity index is 2.05. The SMILES string of the molecule is CN(C)CCOCCNCC1CCN(C(=O)OC(C)(C)C)CC1. The summed E-state index contributed by atoms with van der Waals surface area (Å²) in [6.07, 6.45) is 1.89. The average Bonchev–Trinajstić information content (AvgIpc) is 2.44. The van der Waals surface area contributed by atoms with E-state index in [9.17, 15) is 4.79 Å². The zero-order chi connectivity index (χ0) is 17.3. The van der Waals surface area contributed by atoms with E-state index in [1.807, 2.05) is 39.8 Å². The number of carbonyl (C=O) groups is 1. The molecule has 0 aromatic rings. The van der Waals surface area contributed by atoms with Gasteiger partial charge in [0.1, 0.15) is 5.60 Å². The van der Waals surface area contributed by atoms with E-state index in [1.165, 1.54) is 0 Å². The van der Waals surface area contributed by atoms with Crippen LogP contribution < -0.4 is 5.32 Å². The van der Waals surface area contributed by atoms with Crippen molar-refractivity contribution in [3.05, 3.63) is 0 Å². The van der Waals surface area contributed by atoms with Gasteiger partial charge in [-0.1, -0.05) is 0 Å². The Bertz CT molecular complexity index is 334. The van der Waals surface area contributed by atoms with Crippen LogP contribution in [0.5, 0.6) is 0 Å². The molecule has 1 aliphatic rings. The molecule has 23 heavy (non-hydrogen) atoms. The summed E-state index contributed by atoms with van der Waals surface area (Å²) in [5, 5.41) is 3.45. The summed E-state index contributed by atoms with van der Waals surface area (Å²) >= 11 is 0. The van der Waals surface area contributed by atoms with Gasteiger partial charge in [-0.15, -0.1) is 0 Å². The Morgan fingerprint density at radius 2 is 1.87 bits per heavy atom. The van der Waals surface area contributed by atoms with Crippen LogP contribution in [0.15, 0.2) is 0 Å². The van der Waals surface area contributed by atoms with Crippen LogP contribution in [0.2, 0.25) is 0 Å². The molecule has 0 unspecified atom stereocenters. The van der Waals surface area contributed by atoms with Crippen molar-refractivity contribution in [1.82, 2.24) is 15.1 Å². The van der Waals surface area contributed by atoms with Crippen molar-refractivity contribution in [2.75, 3.05) is 60.0 Å². The average molecular weight is 329 g/mol. The van der Waals surface area contributed by atoms with Crippen LogP contribution >= 0.6 is 0 Å². The molecule has 0 saturated carbocycles. The number of ether oxygens (including phenoxy) is 2. The fraction of sp³-hybridized carbons (Fsp3) is 0.941. The van der Waals surface area contributed by atoms with E-state index < -0.39 is 5.60 Å². The Hall–Kier alpha value is -0.850. The lowest BCUT2D eigenvalue weighted by Crippen LogP contribution is -2.43. The van der Waals surface area contributed by atoms with Crippen molar-refractivity contribution in [2.45, 2.75) is 39.2 Å². The van der Waals surface area contributed by atoms with E-state index in [1.54, 1.807) is 0 Å². The number of hydrogen-bond donors (Lipinski definition) is 1. The number of rotatable bonds is 8. The van der Waals surface area contributed by atoms with E-state index in [4.69, 9.17) is 9.47 Å². The van der Waals surface area contributed by atoms with Crippen molar-refractivity contribution in [3.8, 4) is 0 Å². The normalized spacial score (nSPS) is 16.9. The predicted octanol–water partition coefficient (Wildman–Crippen LogP) is 1.80. The van der Waals surface area contributed by atoms with Gasteiger partial charge in [-0.2, -0.15) is 0 Å². The van der Waals surface area contributed by atoms with Crippen LogP contribution in [0.1, 0.15) is 33.6 Å². The molecule has 1 fully saturated rings. The molecule has 1 amide bonds. The van der Waals surface area contributed by atoms with Gasteiger partial charge < -0.3 is 24.6 Å². The highest BCUT2D eigenvalue weighted by molar-refractivity contribution is 5.68. The van der Waals surface area contributed by atoms with E-state index in [0.29, 0.717) is 5.92 Å². The summed E-state index contributed by atoms with van der Waals surface area (Å²) in [6.45, 7) is 11.7. The molecule has 0 aromatic heterocycles. The quantitative estimate of drug-likeness (QED) is 0.688. The van der Waals surface area contributed by atoms with Gasteiger partial charge in [0, 0.05) is 26.2 Å². The number of nitrogens with zero attached hydrogens (tertiary/aromatic N) is 2. The van der Waals surface area contributed by atoms with Crippen LogP contribution in [0.4, 0.5) is 4.79 Å². The van der Waals surface area contributed by atoms with E-state index in [-0.39, 0.29) is 6.09 Å². The molecule has 1 N–H and O–H groups in total. The lowest BCUT2D eigenvalue weighted by atomic mass is 9.97. The molecule has 1 aliphatic heterocycles. The molecule has 1 saturated heterocycles. The Kier molecular flexibility index (Phi) is 8.87. The van der Waals surface area contributed by atoms with Gasteiger partial charge in [-0.05, 0) is 60.2 Å². The van der Waals surface area contributed by atoms with E-state index in [2.05, 4.69) is 10.2 Å². The summed E-state index contributed by atoms with van der Waals surface area (Å²) in [7, 11) is 4.09. The molecular weight excluding hydrogens is 294 g/mol. The zero-order valence-electron chi connectivity index (χ0n) is 15.6. The van der Waals surface area contributed by atoms with Crippen LogP contribution in [0, 0.1) is 5.92 Å². The Morgan fingerprint density at radius 3 is 2.43 bits per heavy atom. The van der Waals surface area contributed by atoms with E-state index >= 15 is 0 Å². The number of likely N-dealkylation sites (tertiary alicyclic amines) is 1.